The maximum Gasteiger partial charge on any atom is 0.107 e. The lowest BCUT2D eigenvalue weighted by Gasteiger charge is -2.08. The van der Waals surface area contributed by atoms with E-state index >= 15 is 0 Å². The van der Waals surface area contributed by atoms with Gasteiger partial charge in [0.25, 0.3) is 0 Å². The highest BCUT2D eigenvalue weighted by atomic mass is 15.3. The van der Waals surface area contributed by atoms with Crippen molar-refractivity contribution in [1.29, 1.82) is 0 Å². The van der Waals surface area contributed by atoms with Crippen LogP contribution in [0.1, 0.15) is 25.5 Å². The summed E-state index contributed by atoms with van der Waals surface area (Å²) in [6.07, 6.45) is 8.94. The first-order valence-corrected chi connectivity index (χ1v) is 7.40. The van der Waals surface area contributed by atoms with Crippen molar-refractivity contribution in [3.63, 3.8) is 0 Å². The number of nitrogens with one attached hydrogen (secondary N) is 1. The molecule has 0 amide bonds. The minimum Gasteiger partial charge on any atom is -0.316 e. The number of rotatable bonds is 5. The average Bonchev–Trinajstić information content (AvgIpc) is 3.12. The van der Waals surface area contributed by atoms with Gasteiger partial charge in [0.15, 0.2) is 0 Å². The van der Waals surface area contributed by atoms with Crippen molar-refractivity contribution >= 4 is 0 Å². The van der Waals surface area contributed by atoms with Crippen molar-refractivity contribution in [3.05, 3.63) is 30.4 Å². The summed E-state index contributed by atoms with van der Waals surface area (Å²) in [5.74, 6) is 0.709. The van der Waals surface area contributed by atoms with Crippen molar-refractivity contribution in [2.24, 2.45) is 5.92 Å². The monoisotopic (exact) mass is 271 g/mol. The van der Waals surface area contributed by atoms with Crippen LogP contribution < -0.4 is 5.32 Å². The Morgan fingerprint density at radius 2 is 2.30 bits per heavy atom. The van der Waals surface area contributed by atoms with E-state index in [4.69, 9.17) is 0 Å². The topological polar surface area (TPSA) is 55.6 Å². The Morgan fingerprint density at radius 3 is 3.00 bits per heavy atom. The zero-order chi connectivity index (χ0) is 13.8. The molecule has 0 aliphatic carbocycles. The van der Waals surface area contributed by atoms with Gasteiger partial charge < -0.3 is 5.32 Å². The zero-order valence-corrected chi connectivity index (χ0v) is 11.9. The third-order valence-corrected chi connectivity index (χ3v) is 3.78. The molecule has 1 saturated heterocycles. The molecular formula is C15H21N5. The molecular weight excluding hydrogens is 250 g/mol. The smallest absolute Gasteiger partial charge is 0.107 e. The summed E-state index contributed by atoms with van der Waals surface area (Å²) < 4.78 is 1.99. The Balaban J connectivity index is 1.73. The highest BCUT2D eigenvalue weighted by molar-refractivity contribution is 5.52. The normalized spacial score (nSPS) is 18.6. The van der Waals surface area contributed by atoms with Crippen LogP contribution in [0.25, 0.3) is 11.4 Å². The van der Waals surface area contributed by atoms with E-state index in [2.05, 4.69) is 27.3 Å². The summed E-state index contributed by atoms with van der Waals surface area (Å²) in [4.78, 5) is 9.13. The molecule has 1 N–H and O–H groups in total. The molecule has 0 aromatic carbocycles. The second-order valence-electron chi connectivity index (χ2n) is 5.40. The Hall–Kier alpha value is -1.75. The summed E-state index contributed by atoms with van der Waals surface area (Å²) in [6, 6.07) is 2.00. The largest absolute Gasteiger partial charge is 0.316 e. The fourth-order valence-electron chi connectivity index (χ4n) is 2.72. The molecule has 5 nitrogen and oxygen atoms in total. The van der Waals surface area contributed by atoms with Crippen molar-refractivity contribution in [2.75, 3.05) is 13.1 Å². The number of hydrogen-bond acceptors (Lipinski definition) is 4. The maximum atomic E-state index is 4.57. The molecule has 3 heterocycles. The summed E-state index contributed by atoms with van der Waals surface area (Å²) in [6.45, 7) is 5.30. The second-order valence-corrected chi connectivity index (χ2v) is 5.40. The molecule has 0 saturated carbocycles. The molecule has 20 heavy (non-hydrogen) atoms. The SMILES string of the molecule is CCCn1nccc1-c1cnc(CC2CCNC2)cn1. The van der Waals surface area contributed by atoms with E-state index in [0.717, 1.165) is 49.6 Å². The molecule has 1 atom stereocenters. The van der Waals surface area contributed by atoms with E-state index in [9.17, 15) is 0 Å². The zero-order valence-electron chi connectivity index (χ0n) is 11.9. The van der Waals surface area contributed by atoms with E-state index < -0.39 is 0 Å². The number of nitrogens with zero attached hydrogens (tertiary/aromatic N) is 4. The van der Waals surface area contributed by atoms with Gasteiger partial charge >= 0.3 is 0 Å². The Kier molecular flexibility index (Phi) is 4.06. The molecule has 3 rings (SSSR count). The fraction of sp³-hybridized carbons (Fsp3) is 0.533. The van der Waals surface area contributed by atoms with Crippen LogP contribution >= 0.6 is 0 Å². The molecule has 106 valence electrons. The lowest BCUT2D eigenvalue weighted by Crippen LogP contribution is -2.11. The van der Waals surface area contributed by atoms with E-state index in [1.54, 1.807) is 0 Å². The number of aryl methyl sites for hydroxylation is 1. The highest BCUT2D eigenvalue weighted by Gasteiger charge is 2.16. The van der Waals surface area contributed by atoms with Gasteiger partial charge in [-0.3, -0.25) is 14.6 Å². The highest BCUT2D eigenvalue weighted by Crippen LogP contribution is 2.17. The third-order valence-electron chi connectivity index (χ3n) is 3.78. The van der Waals surface area contributed by atoms with E-state index in [0.29, 0.717) is 5.92 Å². The molecule has 0 bridgehead atoms. The van der Waals surface area contributed by atoms with Gasteiger partial charge in [-0.15, -0.1) is 0 Å². The van der Waals surface area contributed by atoms with Crippen LogP contribution in [0.3, 0.4) is 0 Å². The van der Waals surface area contributed by atoms with Crippen LogP contribution in [0, 0.1) is 5.92 Å². The predicted molar refractivity (Wildman–Crippen MR) is 78.2 cm³/mol. The maximum absolute atomic E-state index is 4.57. The van der Waals surface area contributed by atoms with Gasteiger partial charge in [-0.25, -0.2) is 0 Å². The van der Waals surface area contributed by atoms with Crippen LogP contribution in [-0.2, 0) is 13.0 Å². The Labute approximate surface area is 119 Å². The van der Waals surface area contributed by atoms with Crippen molar-refractivity contribution in [3.8, 4) is 11.4 Å². The Morgan fingerprint density at radius 1 is 1.35 bits per heavy atom. The first-order valence-electron chi connectivity index (χ1n) is 7.40. The second kappa shape index (κ2) is 6.13. The van der Waals surface area contributed by atoms with E-state index in [1.165, 1.54) is 6.42 Å². The minimum atomic E-state index is 0.709. The van der Waals surface area contributed by atoms with Crippen LogP contribution in [0.2, 0.25) is 0 Å². The molecule has 0 radical (unpaired) electrons. The lowest BCUT2D eigenvalue weighted by molar-refractivity contribution is 0.570. The lowest BCUT2D eigenvalue weighted by atomic mass is 10.0. The summed E-state index contributed by atoms with van der Waals surface area (Å²) in [5.41, 5.74) is 3.04. The number of aromatic nitrogens is 4. The minimum absolute atomic E-state index is 0.709. The molecule has 2 aromatic rings. The van der Waals surface area contributed by atoms with Crippen molar-refractivity contribution < 1.29 is 0 Å². The molecule has 1 fully saturated rings. The molecule has 5 heteroatoms. The van der Waals surface area contributed by atoms with Crippen LogP contribution in [0.5, 0.6) is 0 Å². The molecule has 1 aliphatic rings. The van der Waals surface area contributed by atoms with E-state index in [-0.39, 0.29) is 0 Å². The van der Waals surface area contributed by atoms with E-state index in [1.807, 2.05) is 29.3 Å². The quantitative estimate of drug-likeness (QED) is 0.902. The van der Waals surface area contributed by atoms with Gasteiger partial charge in [-0.1, -0.05) is 6.92 Å². The van der Waals surface area contributed by atoms with Crippen molar-refractivity contribution in [1.82, 2.24) is 25.1 Å². The van der Waals surface area contributed by atoms with Gasteiger partial charge in [0, 0.05) is 18.9 Å². The summed E-state index contributed by atoms with van der Waals surface area (Å²) in [5, 5.41) is 7.72. The summed E-state index contributed by atoms with van der Waals surface area (Å²) in [7, 11) is 0. The molecule has 1 unspecified atom stereocenters. The predicted octanol–water partition coefficient (Wildman–Crippen LogP) is 1.90. The standard InChI is InChI=1S/C15H21N5/c1-2-7-20-15(4-6-19-20)14-11-17-13(10-18-14)8-12-3-5-16-9-12/h4,6,10-12,16H,2-3,5,7-9H2,1H3. The van der Waals surface area contributed by atoms with Crippen molar-refractivity contribution in [2.45, 2.75) is 32.7 Å². The fourth-order valence-corrected chi connectivity index (χ4v) is 2.72. The summed E-state index contributed by atoms with van der Waals surface area (Å²) >= 11 is 0. The Bertz CT molecular complexity index is 540. The molecule has 1 aliphatic heterocycles. The number of hydrogen-bond donors (Lipinski definition) is 1. The van der Waals surface area contributed by atoms with Crippen LogP contribution in [-0.4, -0.2) is 32.8 Å². The van der Waals surface area contributed by atoms with Gasteiger partial charge in [0.2, 0.25) is 0 Å². The third kappa shape index (κ3) is 2.88. The van der Waals surface area contributed by atoms with Crippen LogP contribution in [0.15, 0.2) is 24.7 Å². The van der Waals surface area contributed by atoms with Gasteiger partial charge in [-0.2, -0.15) is 5.10 Å². The van der Waals surface area contributed by atoms with Gasteiger partial charge in [-0.05, 0) is 44.3 Å². The average molecular weight is 271 g/mol. The molecule has 0 spiro atoms. The molecule has 2 aromatic heterocycles. The van der Waals surface area contributed by atoms with Gasteiger partial charge in [0.1, 0.15) is 5.69 Å². The first kappa shape index (κ1) is 13.2. The van der Waals surface area contributed by atoms with Crippen LogP contribution in [0.4, 0.5) is 0 Å². The first-order chi connectivity index (χ1) is 9.86. The van der Waals surface area contributed by atoms with Gasteiger partial charge in [0.05, 0.1) is 17.6 Å².